The molecule has 0 aliphatic heterocycles. The van der Waals surface area contributed by atoms with Crippen LogP contribution in [0.4, 0.5) is 5.95 Å². The quantitative estimate of drug-likeness (QED) is 0.283. The Morgan fingerprint density at radius 1 is 1.28 bits per heavy atom. The smallest absolute Gasteiger partial charge is 0.423 e. The van der Waals surface area contributed by atoms with Gasteiger partial charge in [-0.05, 0) is 23.0 Å². The molecule has 0 aliphatic carbocycles. The number of nitrogens with zero attached hydrogens (tertiary/aromatic N) is 3. The Balaban J connectivity index is 1.89. The van der Waals surface area contributed by atoms with Gasteiger partial charge in [0.25, 0.3) is 5.56 Å². The first-order valence-electron chi connectivity index (χ1n) is 8.91. The maximum Gasteiger partial charge on any atom is 0.488 e. The van der Waals surface area contributed by atoms with Crippen LogP contribution in [0, 0.1) is 11.3 Å². The number of aromatic nitrogens is 2. The molecule has 0 amide bonds. The summed E-state index contributed by atoms with van der Waals surface area (Å²) in [6.45, 7) is 1.94. The number of anilines is 1. The molecule has 0 unspecified atom stereocenters. The van der Waals surface area contributed by atoms with Gasteiger partial charge in [0.05, 0.1) is 11.9 Å². The van der Waals surface area contributed by atoms with Crippen LogP contribution < -0.4 is 16.4 Å². The van der Waals surface area contributed by atoms with Crippen LogP contribution in [-0.4, -0.2) is 33.3 Å². The molecule has 0 fully saturated rings. The molecule has 0 radical (unpaired) electrons. The van der Waals surface area contributed by atoms with Gasteiger partial charge in [-0.1, -0.05) is 55.5 Å². The minimum absolute atomic E-state index is 0.0721. The summed E-state index contributed by atoms with van der Waals surface area (Å²) in [7, 11) is -1.53. The summed E-state index contributed by atoms with van der Waals surface area (Å²) in [4.78, 5) is 19.1. The SMILES string of the molecule is CCc1cc(B(O)O)ccc1C=NNc1nc(-c2ccccc2)c(C#N)c(=O)[nH]1. The van der Waals surface area contributed by atoms with Crippen molar-refractivity contribution in [1.29, 1.82) is 5.26 Å². The van der Waals surface area contributed by atoms with Gasteiger partial charge < -0.3 is 10.0 Å². The van der Waals surface area contributed by atoms with Gasteiger partial charge in [0.1, 0.15) is 11.6 Å². The van der Waals surface area contributed by atoms with E-state index in [4.69, 9.17) is 0 Å². The Labute approximate surface area is 167 Å². The van der Waals surface area contributed by atoms with Crippen molar-refractivity contribution < 1.29 is 10.0 Å². The van der Waals surface area contributed by atoms with Crippen molar-refractivity contribution in [2.45, 2.75) is 13.3 Å². The van der Waals surface area contributed by atoms with Crippen molar-refractivity contribution in [3.05, 3.63) is 75.6 Å². The molecular formula is C20H18BN5O3. The molecule has 0 aliphatic rings. The third kappa shape index (κ3) is 4.58. The molecule has 0 bridgehead atoms. The fourth-order valence-electron chi connectivity index (χ4n) is 2.82. The highest BCUT2D eigenvalue weighted by Gasteiger charge is 2.14. The molecule has 1 heterocycles. The maximum atomic E-state index is 12.2. The first kappa shape index (κ1) is 20.0. The second kappa shape index (κ2) is 8.97. The van der Waals surface area contributed by atoms with Gasteiger partial charge in [-0.2, -0.15) is 10.4 Å². The lowest BCUT2D eigenvalue weighted by Gasteiger charge is -2.07. The largest absolute Gasteiger partial charge is 0.488 e. The van der Waals surface area contributed by atoms with Gasteiger partial charge in [0.2, 0.25) is 5.95 Å². The van der Waals surface area contributed by atoms with E-state index in [1.54, 1.807) is 48.7 Å². The summed E-state index contributed by atoms with van der Waals surface area (Å²) in [5.74, 6) is 0.101. The van der Waals surface area contributed by atoms with Crippen LogP contribution in [0.5, 0.6) is 0 Å². The van der Waals surface area contributed by atoms with Crippen molar-refractivity contribution >= 4 is 24.7 Å². The van der Waals surface area contributed by atoms with E-state index in [2.05, 4.69) is 20.5 Å². The number of hydrogen-bond donors (Lipinski definition) is 4. The third-order valence-electron chi connectivity index (χ3n) is 4.30. The van der Waals surface area contributed by atoms with Crippen LogP contribution in [0.1, 0.15) is 23.6 Å². The Hall–Kier alpha value is -3.74. The van der Waals surface area contributed by atoms with Crippen LogP contribution in [-0.2, 0) is 6.42 Å². The minimum Gasteiger partial charge on any atom is -0.423 e. The molecule has 1 aromatic heterocycles. The molecule has 8 nitrogen and oxygen atoms in total. The highest BCUT2D eigenvalue weighted by atomic mass is 16.4. The lowest BCUT2D eigenvalue weighted by Crippen LogP contribution is -2.30. The summed E-state index contributed by atoms with van der Waals surface area (Å²) in [5.41, 5.74) is 5.03. The molecule has 3 aromatic rings. The number of aryl methyl sites for hydroxylation is 1. The zero-order valence-electron chi connectivity index (χ0n) is 15.6. The van der Waals surface area contributed by atoms with E-state index >= 15 is 0 Å². The van der Waals surface area contributed by atoms with Crippen LogP contribution >= 0.6 is 0 Å². The summed E-state index contributed by atoms with van der Waals surface area (Å²) < 4.78 is 0. The molecule has 0 atom stereocenters. The average molecular weight is 387 g/mol. The Kier molecular flexibility index (Phi) is 6.19. The molecule has 144 valence electrons. The lowest BCUT2D eigenvalue weighted by atomic mass is 9.78. The first-order chi connectivity index (χ1) is 14.0. The van der Waals surface area contributed by atoms with Crippen molar-refractivity contribution in [1.82, 2.24) is 9.97 Å². The van der Waals surface area contributed by atoms with Crippen molar-refractivity contribution in [3.63, 3.8) is 0 Å². The summed E-state index contributed by atoms with van der Waals surface area (Å²) >= 11 is 0. The predicted octanol–water partition coefficient (Wildman–Crippen LogP) is 0.997. The van der Waals surface area contributed by atoms with E-state index in [1.807, 2.05) is 19.1 Å². The third-order valence-corrected chi connectivity index (χ3v) is 4.30. The second-order valence-electron chi connectivity index (χ2n) is 6.17. The van der Waals surface area contributed by atoms with E-state index in [-0.39, 0.29) is 17.2 Å². The predicted molar refractivity (Wildman–Crippen MR) is 112 cm³/mol. The summed E-state index contributed by atoms with van der Waals surface area (Å²) in [6.07, 6.45) is 2.22. The normalized spacial score (nSPS) is 10.7. The van der Waals surface area contributed by atoms with Gasteiger partial charge in [0.15, 0.2) is 0 Å². The Morgan fingerprint density at radius 2 is 2.03 bits per heavy atom. The van der Waals surface area contributed by atoms with Crippen LogP contribution in [0.25, 0.3) is 11.3 Å². The number of hydrogen-bond acceptors (Lipinski definition) is 7. The number of aromatic amines is 1. The standard InChI is InChI=1S/C20H18BN5O3/c1-2-13-10-16(21(28)29)9-8-15(13)12-23-26-20-24-18(14-6-4-3-5-7-14)17(11-22)19(27)25-20/h3-10,12,28-29H,2H2,1H3,(H2,24,25,26,27). The molecular weight excluding hydrogens is 369 g/mol. The van der Waals surface area contributed by atoms with E-state index < -0.39 is 12.7 Å². The lowest BCUT2D eigenvalue weighted by molar-refractivity contribution is 0.425. The van der Waals surface area contributed by atoms with E-state index in [9.17, 15) is 20.1 Å². The zero-order valence-corrected chi connectivity index (χ0v) is 15.6. The molecule has 9 heteroatoms. The minimum atomic E-state index is -1.53. The monoisotopic (exact) mass is 387 g/mol. The van der Waals surface area contributed by atoms with E-state index in [0.29, 0.717) is 17.4 Å². The number of nitriles is 1. The topological polar surface area (TPSA) is 134 Å². The maximum absolute atomic E-state index is 12.2. The molecule has 2 aromatic carbocycles. The van der Waals surface area contributed by atoms with E-state index in [1.165, 1.54) is 0 Å². The van der Waals surface area contributed by atoms with Gasteiger partial charge >= 0.3 is 7.12 Å². The number of H-pyrrole nitrogens is 1. The first-order valence-corrected chi connectivity index (χ1v) is 8.91. The molecule has 29 heavy (non-hydrogen) atoms. The van der Waals surface area contributed by atoms with Crippen molar-refractivity contribution in [3.8, 4) is 17.3 Å². The molecule has 0 saturated carbocycles. The number of benzene rings is 2. The second-order valence-corrected chi connectivity index (χ2v) is 6.17. The molecule has 3 rings (SSSR count). The number of nitrogens with one attached hydrogen (secondary N) is 2. The van der Waals surface area contributed by atoms with Crippen LogP contribution in [0.15, 0.2) is 58.4 Å². The van der Waals surface area contributed by atoms with Gasteiger partial charge in [-0.25, -0.2) is 10.4 Å². The van der Waals surface area contributed by atoms with Gasteiger partial charge in [0, 0.05) is 5.56 Å². The van der Waals surface area contributed by atoms with Crippen molar-refractivity contribution in [2.24, 2.45) is 5.10 Å². The Morgan fingerprint density at radius 3 is 2.69 bits per heavy atom. The van der Waals surface area contributed by atoms with E-state index in [0.717, 1.165) is 11.1 Å². The molecule has 4 N–H and O–H groups in total. The molecule has 0 spiro atoms. The highest BCUT2D eigenvalue weighted by molar-refractivity contribution is 6.58. The van der Waals surface area contributed by atoms with Crippen LogP contribution in [0.3, 0.4) is 0 Å². The van der Waals surface area contributed by atoms with Gasteiger partial charge in [-0.15, -0.1) is 0 Å². The van der Waals surface area contributed by atoms with Crippen LogP contribution in [0.2, 0.25) is 0 Å². The Bertz CT molecular complexity index is 1140. The number of rotatable bonds is 6. The zero-order chi connectivity index (χ0) is 20.8. The number of hydrazone groups is 1. The average Bonchev–Trinajstić information content (AvgIpc) is 2.74. The highest BCUT2D eigenvalue weighted by Crippen LogP contribution is 2.19. The van der Waals surface area contributed by atoms with Gasteiger partial charge in [-0.3, -0.25) is 9.78 Å². The summed E-state index contributed by atoms with van der Waals surface area (Å²) in [5, 5.41) is 32.0. The fraction of sp³-hybridized carbons (Fsp3) is 0.100. The van der Waals surface area contributed by atoms with Crippen molar-refractivity contribution in [2.75, 3.05) is 5.43 Å². The summed E-state index contributed by atoms with van der Waals surface area (Å²) in [6, 6.07) is 15.9. The fourth-order valence-corrected chi connectivity index (χ4v) is 2.82. The molecule has 0 saturated heterocycles.